The number of aromatic amines is 1. The topological polar surface area (TPSA) is 90.3 Å². The Hall–Kier alpha value is -3.14. The van der Waals surface area contributed by atoms with Crippen molar-refractivity contribution in [3.63, 3.8) is 0 Å². The molecule has 3 aromatic heterocycles. The third-order valence-electron chi connectivity index (χ3n) is 5.41. The van der Waals surface area contributed by atoms with Crippen LogP contribution >= 0.6 is 0 Å². The molecule has 146 valence electrons. The van der Waals surface area contributed by atoms with E-state index in [1.54, 1.807) is 10.7 Å². The van der Waals surface area contributed by atoms with Gasteiger partial charge in [-0.1, -0.05) is 12.1 Å². The molecule has 4 heterocycles. The van der Waals surface area contributed by atoms with Crippen LogP contribution < -0.4 is 15.7 Å². The monoisotopic (exact) mass is 387 g/mol. The van der Waals surface area contributed by atoms with Crippen molar-refractivity contribution in [2.45, 2.75) is 19.0 Å². The van der Waals surface area contributed by atoms with Crippen molar-refractivity contribution in [3.05, 3.63) is 36.3 Å². The van der Waals surface area contributed by atoms with Crippen LogP contribution in [0, 0.1) is 0 Å². The molecule has 0 saturated carbocycles. The predicted molar refractivity (Wildman–Crippen MR) is 114 cm³/mol. The van der Waals surface area contributed by atoms with Gasteiger partial charge >= 0.3 is 0 Å². The van der Waals surface area contributed by atoms with Gasteiger partial charge in [0, 0.05) is 25.3 Å². The van der Waals surface area contributed by atoms with Gasteiger partial charge < -0.3 is 20.1 Å². The van der Waals surface area contributed by atoms with Gasteiger partial charge in [0.05, 0.1) is 17.6 Å². The molecule has 1 fully saturated rings. The second-order valence-electron chi connectivity index (χ2n) is 7.59. The summed E-state index contributed by atoms with van der Waals surface area (Å²) in [6.45, 7) is 2.29. The largest absolute Gasteiger partial charge is 0.347 e. The Morgan fingerprint density at radius 3 is 2.90 bits per heavy atom. The molecule has 0 spiro atoms. The maximum absolute atomic E-state index is 6.10. The van der Waals surface area contributed by atoms with E-state index in [2.05, 4.69) is 49.3 Å². The molecule has 0 unspecified atom stereocenters. The SMILES string of the molecule is [B]c1cnn2c(NCc3nc4ccccc4[nH]3)nc(N3CC[C@@H](N(C)C)C3)nc12. The molecule has 2 radical (unpaired) electrons. The molecule has 1 aliphatic rings. The summed E-state index contributed by atoms with van der Waals surface area (Å²) in [6.07, 6.45) is 2.69. The highest BCUT2D eigenvalue weighted by Gasteiger charge is 2.27. The second-order valence-corrected chi connectivity index (χ2v) is 7.59. The van der Waals surface area contributed by atoms with Gasteiger partial charge in [0.2, 0.25) is 11.9 Å². The quantitative estimate of drug-likeness (QED) is 0.484. The van der Waals surface area contributed by atoms with Crippen LogP contribution in [0.5, 0.6) is 0 Å². The number of hydrogen-bond acceptors (Lipinski definition) is 7. The number of rotatable bonds is 5. The van der Waals surface area contributed by atoms with Crippen molar-refractivity contribution >= 4 is 41.9 Å². The van der Waals surface area contributed by atoms with Crippen molar-refractivity contribution < 1.29 is 0 Å². The van der Waals surface area contributed by atoms with Crippen LogP contribution in [-0.4, -0.2) is 75.5 Å². The maximum Gasteiger partial charge on any atom is 0.230 e. The number of hydrogen-bond donors (Lipinski definition) is 2. The summed E-state index contributed by atoms with van der Waals surface area (Å²) in [6, 6.07) is 8.45. The van der Waals surface area contributed by atoms with Gasteiger partial charge in [-0.05, 0) is 38.1 Å². The lowest BCUT2D eigenvalue weighted by molar-refractivity contribution is 0.315. The van der Waals surface area contributed by atoms with Gasteiger partial charge in [-0.25, -0.2) is 4.98 Å². The highest BCUT2D eigenvalue weighted by Crippen LogP contribution is 2.21. The molecule has 1 atom stereocenters. The first kappa shape index (κ1) is 17.9. The molecule has 0 bridgehead atoms. The standard InChI is InChI=1S/C19H22BN9/c1-27(2)12-7-8-28(11-12)19-25-17-13(20)9-22-29(17)18(26-19)21-10-16-23-14-5-3-4-6-15(14)24-16/h3-6,9,12H,7-8,10-11H2,1-2H3,(H,23,24)(H,21,25,26)/t12-/m1/s1. The smallest absolute Gasteiger partial charge is 0.230 e. The maximum atomic E-state index is 6.10. The lowest BCUT2D eigenvalue weighted by Crippen LogP contribution is -2.32. The number of nitrogens with one attached hydrogen (secondary N) is 2. The fourth-order valence-corrected chi connectivity index (χ4v) is 3.74. The van der Waals surface area contributed by atoms with Gasteiger partial charge in [-0.3, -0.25) is 0 Å². The summed E-state index contributed by atoms with van der Waals surface area (Å²) in [5.41, 5.74) is 3.08. The summed E-state index contributed by atoms with van der Waals surface area (Å²) in [4.78, 5) is 21.8. The lowest BCUT2D eigenvalue weighted by atomic mass is 10.0. The van der Waals surface area contributed by atoms with Crippen LogP contribution in [0.15, 0.2) is 30.5 Å². The van der Waals surface area contributed by atoms with E-state index in [9.17, 15) is 0 Å². The van der Waals surface area contributed by atoms with E-state index in [-0.39, 0.29) is 0 Å². The molecule has 2 N–H and O–H groups in total. The lowest BCUT2D eigenvalue weighted by Gasteiger charge is -2.21. The van der Waals surface area contributed by atoms with E-state index in [4.69, 9.17) is 12.8 Å². The molecule has 0 amide bonds. The summed E-state index contributed by atoms with van der Waals surface area (Å²) >= 11 is 0. The molecule has 29 heavy (non-hydrogen) atoms. The highest BCUT2D eigenvalue weighted by atomic mass is 15.4. The molecule has 1 aliphatic heterocycles. The number of H-pyrrole nitrogens is 1. The number of benzene rings is 1. The number of imidazole rings is 1. The number of aromatic nitrogens is 6. The zero-order valence-corrected chi connectivity index (χ0v) is 16.5. The van der Waals surface area contributed by atoms with E-state index < -0.39 is 0 Å². The summed E-state index contributed by atoms with van der Waals surface area (Å²) in [5, 5.41) is 7.67. The first-order valence-corrected chi connectivity index (χ1v) is 9.68. The minimum absolute atomic E-state index is 0.486. The highest BCUT2D eigenvalue weighted by molar-refractivity contribution is 6.36. The molecule has 4 aromatic rings. The van der Waals surface area contributed by atoms with Crippen LogP contribution in [0.2, 0.25) is 0 Å². The number of para-hydroxylation sites is 2. The first-order chi connectivity index (χ1) is 14.1. The summed E-state index contributed by atoms with van der Waals surface area (Å²) in [7, 11) is 10.3. The van der Waals surface area contributed by atoms with Crippen molar-refractivity contribution in [2.24, 2.45) is 0 Å². The Morgan fingerprint density at radius 2 is 2.10 bits per heavy atom. The molecule has 1 aromatic carbocycles. The average Bonchev–Trinajstić information content (AvgIpc) is 3.44. The fourth-order valence-electron chi connectivity index (χ4n) is 3.74. The van der Waals surface area contributed by atoms with Gasteiger partial charge in [0.15, 0.2) is 5.65 Å². The predicted octanol–water partition coefficient (Wildman–Crippen LogP) is 0.547. The normalized spacial score (nSPS) is 17.1. The first-order valence-electron chi connectivity index (χ1n) is 9.68. The number of anilines is 2. The third kappa shape index (κ3) is 3.29. The van der Waals surface area contributed by atoms with Gasteiger partial charge in [0.1, 0.15) is 13.7 Å². The molecule has 1 saturated heterocycles. The summed E-state index contributed by atoms with van der Waals surface area (Å²) in [5.74, 6) is 2.09. The van der Waals surface area contributed by atoms with Gasteiger partial charge in [-0.15, -0.1) is 0 Å². The van der Waals surface area contributed by atoms with Gasteiger partial charge in [-0.2, -0.15) is 19.6 Å². The Balaban J connectivity index is 1.44. The van der Waals surface area contributed by atoms with Crippen LogP contribution in [0.4, 0.5) is 11.9 Å². The molecular weight excluding hydrogens is 365 g/mol. The van der Waals surface area contributed by atoms with Crippen LogP contribution in [-0.2, 0) is 6.54 Å². The minimum Gasteiger partial charge on any atom is -0.347 e. The van der Waals surface area contributed by atoms with E-state index >= 15 is 0 Å². The molecular formula is C19H22BN9. The van der Waals surface area contributed by atoms with Crippen molar-refractivity contribution in [2.75, 3.05) is 37.4 Å². The minimum atomic E-state index is 0.486. The molecule has 10 heteroatoms. The third-order valence-corrected chi connectivity index (χ3v) is 5.41. The zero-order valence-electron chi connectivity index (χ0n) is 16.5. The zero-order chi connectivity index (χ0) is 20.0. The Bertz CT molecular complexity index is 1130. The second kappa shape index (κ2) is 7.04. The number of fused-ring (bicyclic) bond motifs is 2. The van der Waals surface area contributed by atoms with Crippen LogP contribution in [0.1, 0.15) is 12.2 Å². The van der Waals surface area contributed by atoms with Crippen LogP contribution in [0.25, 0.3) is 16.7 Å². The molecule has 9 nitrogen and oxygen atoms in total. The van der Waals surface area contributed by atoms with E-state index in [0.29, 0.717) is 35.6 Å². The molecule has 0 aliphatic carbocycles. The van der Waals surface area contributed by atoms with E-state index in [1.165, 1.54) is 0 Å². The van der Waals surface area contributed by atoms with E-state index in [1.807, 2.05) is 24.3 Å². The summed E-state index contributed by atoms with van der Waals surface area (Å²) < 4.78 is 1.64. The Kier molecular flexibility index (Phi) is 4.35. The van der Waals surface area contributed by atoms with E-state index in [0.717, 1.165) is 36.4 Å². The van der Waals surface area contributed by atoms with Gasteiger partial charge in [0.25, 0.3) is 0 Å². The Morgan fingerprint density at radius 1 is 1.24 bits per heavy atom. The molecule has 5 rings (SSSR count). The number of nitrogens with zero attached hydrogens (tertiary/aromatic N) is 7. The van der Waals surface area contributed by atoms with Crippen molar-refractivity contribution in [3.8, 4) is 0 Å². The van der Waals surface area contributed by atoms with Crippen molar-refractivity contribution in [1.29, 1.82) is 0 Å². The average molecular weight is 387 g/mol. The number of likely N-dealkylation sites (N-methyl/N-ethyl adjacent to an activating group) is 1. The van der Waals surface area contributed by atoms with Crippen LogP contribution in [0.3, 0.4) is 0 Å². The Labute approximate surface area is 169 Å². The fraction of sp³-hybridized carbons (Fsp3) is 0.368. The van der Waals surface area contributed by atoms with Crippen molar-refractivity contribution in [1.82, 2.24) is 34.4 Å².